The van der Waals surface area contributed by atoms with Gasteiger partial charge in [-0.1, -0.05) is 18.5 Å². The molecule has 19 heavy (non-hydrogen) atoms. The van der Waals surface area contributed by atoms with Crippen LogP contribution in [0.4, 0.5) is 5.69 Å². The van der Waals surface area contributed by atoms with E-state index in [0.29, 0.717) is 28.1 Å². The third-order valence-corrected chi connectivity index (χ3v) is 3.77. The van der Waals surface area contributed by atoms with Gasteiger partial charge in [0.05, 0.1) is 24.9 Å². The number of hydrogen-bond acceptors (Lipinski definition) is 3. The number of ether oxygens (including phenoxy) is 2. The van der Waals surface area contributed by atoms with Crippen molar-refractivity contribution in [3.05, 3.63) is 17.2 Å². The van der Waals surface area contributed by atoms with Gasteiger partial charge in [0.15, 0.2) is 0 Å². The third kappa shape index (κ3) is 3.13. The number of carbonyl (C=O) groups excluding carboxylic acids is 1. The Morgan fingerprint density at radius 2 is 1.95 bits per heavy atom. The largest absolute Gasteiger partial charge is 0.495 e. The Balaban J connectivity index is 2.20. The van der Waals surface area contributed by atoms with Crippen LogP contribution in [0, 0.1) is 11.8 Å². The molecule has 4 nitrogen and oxygen atoms in total. The molecule has 1 aromatic rings. The molecule has 0 radical (unpaired) electrons. The second kappa shape index (κ2) is 5.70. The van der Waals surface area contributed by atoms with Crippen LogP contribution in [0.25, 0.3) is 0 Å². The van der Waals surface area contributed by atoms with E-state index in [1.807, 2.05) is 6.92 Å². The lowest BCUT2D eigenvalue weighted by Crippen LogP contribution is -2.22. The van der Waals surface area contributed by atoms with Gasteiger partial charge >= 0.3 is 0 Å². The minimum atomic E-state index is 0.00479. The maximum absolute atomic E-state index is 12.1. The van der Waals surface area contributed by atoms with Gasteiger partial charge in [0, 0.05) is 18.1 Å². The summed E-state index contributed by atoms with van der Waals surface area (Å²) in [4.78, 5) is 12.1. The van der Waals surface area contributed by atoms with E-state index >= 15 is 0 Å². The Bertz CT molecular complexity index is 486. The van der Waals surface area contributed by atoms with E-state index in [1.165, 1.54) is 14.2 Å². The standard InChI is InChI=1S/C14H18ClNO3/c1-8(9-4-5-9)14(17)16-11-7-12(18-2)10(15)6-13(11)19-3/h6-9H,4-5H2,1-3H3,(H,16,17). The molecule has 1 N–H and O–H groups in total. The lowest BCUT2D eigenvalue weighted by molar-refractivity contribution is -0.119. The van der Waals surface area contributed by atoms with Crippen molar-refractivity contribution in [1.82, 2.24) is 0 Å². The number of hydrogen-bond donors (Lipinski definition) is 1. The zero-order valence-electron chi connectivity index (χ0n) is 11.3. The molecule has 0 saturated heterocycles. The molecule has 1 amide bonds. The summed E-state index contributed by atoms with van der Waals surface area (Å²) in [6.07, 6.45) is 2.27. The molecule has 1 saturated carbocycles. The smallest absolute Gasteiger partial charge is 0.227 e. The summed E-state index contributed by atoms with van der Waals surface area (Å²) in [5, 5.41) is 3.33. The molecule has 1 atom stereocenters. The first-order valence-corrected chi connectivity index (χ1v) is 6.67. The highest BCUT2D eigenvalue weighted by atomic mass is 35.5. The van der Waals surface area contributed by atoms with Gasteiger partial charge in [-0.05, 0) is 18.8 Å². The van der Waals surface area contributed by atoms with Crippen molar-refractivity contribution in [3.8, 4) is 11.5 Å². The number of methoxy groups -OCH3 is 2. The Labute approximate surface area is 118 Å². The van der Waals surface area contributed by atoms with E-state index in [4.69, 9.17) is 21.1 Å². The van der Waals surface area contributed by atoms with Gasteiger partial charge in [-0.2, -0.15) is 0 Å². The van der Waals surface area contributed by atoms with Gasteiger partial charge in [-0.25, -0.2) is 0 Å². The third-order valence-electron chi connectivity index (χ3n) is 3.47. The zero-order chi connectivity index (χ0) is 14.0. The van der Waals surface area contributed by atoms with Gasteiger partial charge in [0.2, 0.25) is 5.91 Å². The van der Waals surface area contributed by atoms with E-state index in [2.05, 4.69) is 5.32 Å². The van der Waals surface area contributed by atoms with Crippen LogP contribution in [-0.2, 0) is 4.79 Å². The number of anilines is 1. The van der Waals surface area contributed by atoms with Gasteiger partial charge in [-0.15, -0.1) is 0 Å². The fraction of sp³-hybridized carbons (Fsp3) is 0.500. The van der Waals surface area contributed by atoms with Gasteiger partial charge in [0.1, 0.15) is 11.5 Å². The number of nitrogens with one attached hydrogen (secondary N) is 1. The van der Waals surface area contributed by atoms with Crippen molar-refractivity contribution in [3.63, 3.8) is 0 Å². The van der Waals surface area contributed by atoms with Crippen molar-refractivity contribution >= 4 is 23.2 Å². The highest BCUT2D eigenvalue weighted by molar-refractivity contribution is 6.32. The average Bonchev–Trinajstić information content (AvgIpc) is 3.23. The monoisotopic (exact) mass is 283 g/mol. The first-order chi connectivity index (χ1) is 9.06. The first kappa shape index (κ1) is 14.0. The molecule has 5 heteroatoms. The average molecular weight is 284 g/mol. The second-order valence-electron chi connectivity index (χ2n) is 4.80. The Morgan fingerprint density at radius 3 is 2.47 bits per heavy atom. The number of amides is 1. The van der Waals surface area contributed by atoms with Gasteiger partial charge in [0.25, 0.3) is 0 Å². The summed E-state index contributed by atoms with van der Waals surface area (Å²) in [7, 11) is 3.07. The van der Waals surface area contributed by atoms with E-state index < -0.39 is 0 Å². The quantitative estimate of drug-likeness (QED) is 0.901. The Hall–Kier alpha value is -1.42. The molecule has 0 aromatic heterocycles. The molecular weight excluding hydrogens is 266 g/mol. The SMILES string of the molecule is COc1cc(NC(=O)C(C)C2CC2)c(OC)cc1Cl. The van der Waals surface area contributed by atoms with E-state index in [9.17, 15) is 4.79 Å². The predicted octanol–water partition coefficient (Wildman–Crippen LogP) is 3.34. The van der Waals surface area contributed by atoms with Crippen LogP contribution < -0.4 is 14.8 Å². The van der Waals surface area contributed by atoms with Crippen LogP contribution in [-0.4, -0.2) is 20.1 Å². The second-order valence-corrected chi connectivity index (χ2v) is 5.21. The molecule has 1 aliphatic rings. The van der Waals surface area contributed by atoms with Crippen molar-refractivity contribution in [1.29, 1.82) is 0 Å². The molecule has 0 heterocycles. The molecule has 2 rings (SSSR count). The van der Waals surface area contributed by atoms with Crippen LogP contribution >= 0.6 is 11.6 Å². The minimum absolute atomic E-state index is 0.00479. The molecule has 0 aliphatic heterocycles. The molecule has 104 valence electrons. The van der Waals surface area contributed by atoms with Crippen molar-refractivity contribution < 1.29 is 14.3 Å². The normalized spacial score (nSPS) is 15.8. The Morgan fingerprint density at radius 1 is 1.32 bits per heavy atom. The van der Waals surface area contributed by atoms with Crippen molar-refractivity contribution in [2.45, 2.75) is 19.8 Å². The maximum Gasteiger partial charge on any atom is 0.227 e. The summed E-state index contributed by atoms with van der Waals surface area (Å²) in [6.45, 7) is 1.95. The summed E-state index contributed by atoms with van der Waals surface area (Å²) in [6, 6.07) is 3.32. The highest BCUT2D eigenvalue weighted by Gasteiger charge is 2.32. The van der Waals surface area contributed by atoms with Crippen LogP contribution in [0.2, 0.25) is 5.02 Å². The summed E-state index contributed by atoms with van der Waals surface area (Å²) in [5.41, 5.74) is 0.584. The minimum Gasteiger partial charge on any atom is -0.495 e. The molecule has 0 bridgehead atoms. The fourth-order valence-electron chi connectivity index (χ4n) is 2.02. The summed E-state index contributed by atoms with van der Waals surface area (Å²) < 4.78 is 10.4. The lowest BCUT2D eigenvalue weighted by Gasteiger charge is -2.15. The van der Waals surface area contributed by atoms with Crippen LogP contribution in [0.1, 0.15) is 19.8 Å². The van der Waals surface area contributed by atoms with E-state index in [1.54, 1.807) is 12.1 Å². The highest BCUT2D eigenvalue weighted by Crippen LogP contribution is 2.39. The summed E-state index contributed by atoms with van der Waals surface area (Å²) in [5.74, 6) is 1.58. The number of rotatable bonds is 5. The molecule has 1 aromatic carbocycles. The van der Waals surface area contributed by atoms with E-state index in [0.717, 1.165) is 12.8 Å². The Kier molecular flexibility index (Phi) is 4.20. The maximum atomic E-state index is 12.1. The van der Waals surface area contributed by atoms with Crippen LogP contribution in [0.5, 0.6) is 11.5 Å². The zero-order valence-corrected chi connectivity index (χ0v) is 12.1. The first-order valence-electron chi connectivity index (χ1n) is 6.29. The molecule has 1 fully saturated rings. The van der Waals surface area contributed by atoms with Gasteiger partial charge < -0.3 is 14.8 Å². The van der Waals surface area contributed by atoms with E-state index in [-0.39, 0.29) is 11.8 Å². The molecule has 0 spiro atoms. The van der Waals surface area contributed by atoms with Gasteiger partial charge in [-0.3, -0.25) is 4.79 Å². The molecular formula is C14H18ClNO3. The summed E-state index contributed by atoms with van der Waals surface area (Å²) >= 11 is 6.02. The van der Waals surface area contributed by atoms with Crippen molar-refractivity contribution in [2.24, 2.45) is 11.8 Å². The lowest BCUT2D eigenvalue weighted by atomic mass is 10.1. The fourth-order valence-corrected chi connectivity index (χ4v) is 2.25. The number of halogens is 1. The number of benzene rings is 1. The topological polar surface area (TPSA) is 47.6 Å². The van der Waals surface area contributed by atoms with Crippen molar-refractivity contribution in [2.75, 3.05) is 19.5 Å². The van der Waals surface area contributed by atoms with Crippen LogP contribution in [0.15, 0.2) is 12.1 Å². The van der Waals surface area contributed by atoms with Crippen LogP contribution in [0.3, 0.4) is 0 Å². The number of carbonyl (C=O) groups is 1. The molecule has 1 aliphatic carbocycles. The predicted molar refractivity (Wildman–Crippen MR) is 75.1 cm³/mol. The molecule has 1 unspecified atom stereocenters.